The number of rotatable bonds is 3. The van der Waals surface area contributed by atoms with E-state index in [0.29, 0.717) is 0 Å². The number of unbranched alkanes of at least 4 members (excludes halogenated alkanes) is 1. The Balaban J connectivity index is 0.000000191. The van der Waals surface area contributed by atoms with Crippen molar-refractivity contribution < 1.29 is 4.57 Å². The number of aryl methyl sites for hydroxylation is 2. The minimum atomic E-state index is 0.0417. The monoisotopic (exact) mass is 265 g/mol. The van der Waals surface area contributed by atoms with Crippen molar-refractivity contribution in [3.05, 3.63) is 18.7 Å². The smallest absolute Gasteiger partial charge is 0.243 e. The van der Waals surface area contributed by atoms with E-state index >= 15 is 0 Å². The maximum Gasteiger partial charge on any atom is 0.243 e. The summed E-state index contributed by atoms with van der Waals surface area (Å²) in [6, 6.07) is 0. The zero-order valence-corrected chi connectivity index (χ0v) is 11.3. The normalized spacial score (nSPS) is 9.79. The summed E-state index contributed by atoms with van der Waals surface area (Å²) in [5.41, 5.74) is 15.4. The van der Waals surface area contributed by atoms with Gasteiger partial charge in [-0.2, -0.15) is 15.0 Å². The van der Waals surface area contributed by atoms with Crippen LogP contribution in [0.1, 0.15) is 19.8 Å². The molecule has 0 spiro atoms. The van der Waals surface area contributed by atoms with E-state index in [2.05, 4.69) is 49.7 Å². The van der Waals surface area contributed by atoms with E-state index in [4.69, 9.17) is 17.2 Å². The quantitative estimate of drug-likeness (QED) is 0.656. The molecule has 0 fully saturated rings. The van der Waals surface area contributed by atoms with Crippen molar-refractivity contribution in [2.45, 2.75) is 26.3 Å². The third-order valence-corrected chi connectivity index (χ3v) is 2.28. The molecule has 2 aromatic heterocycles. The van der Waals surface area contributed by atoms with Crippen LogP contribution in [0.5, 0.6) is 0 Å². The van der Waals surface area contributed by atoms with E-state index in [0.717, 1.165) is 6.54 Å². The van der Waals surface area contributed by atoms with Gasteiger partial charge in [0.05, 0.1) is 13.6 Å². The minimum absolute atomic E-state index is 0.0417. The Kier molecular flexibility index (Phi) is 5.52. The van der Waals surface area contributed by atoms with Gasteiger partial charge >= 0.3 is 0 Å². The van der Waals surface area contributed by atoms with Crippen molar-refractivity contribution in [3.8, 4) is 0 Å². The number of hydrogen-bond acceptors (Lipinski definition) is 6. The van der Waals surface area contributed by atoms with Crippen molar-refractivity contribution in [2.24, 2.45) is 7.05 Å². The van der Waals surface area contributed by atoms with Crippen LogP contribution in [0.25, 0.3) is 0 Å². The lowest BCUT2D eigenvalue weighted by atomic mass is 10.3. The number of nitrogens with zero attached hydrogens (tertiary/aromatic N) is 5. The van der Waals surface area contributed by atoms with Crippen LogP contribution in [0.15, 0.2) is 18.7 Å². The summed E-state index contributed by atoms with van der Waals surface area (Å²) in [6.07, 6.45) is 8.82. The van der Waals surface area contributed by atoms with Crippen LogP contribution in [0.3, 0.4) is 0 Å². The first kappa shape index (κ1) is 14.7. The lowest BCUT2D eigenvalue weighted by Crippen LogP contribution is -2.23. The van der Waals surface area contributed by atoms with E-state index < -0.39 is 0 Å². The van der Waals surface area contributed by atoms with Crippen molar-refractivity contribution in [1.29, 1.82) is 0 Å². The summed E-state index contributed by atoms with van der Waals surface area (Å²) < 4.78 is 4.28. The van der Waals surface area contributed by atoms with Crippen molar-refractivity contribution in [2.75, 3.05) is 17.2 Å². The Hall–Kier alpha value is -2.38. The molecule has 0 unspecified atom stereocenters. The first-order valence-electron chi connectivity index (χ1n) is 6.04. The average Bonchev–Trinajstić information content (AvgIpc) is 2.71. The molecule has 6 N–H and O–H groups in total. The number of imidazole rings is 1. The van der Waals surface area contributed by atoms with Gasteiger partial charge in [0, 0.05) is 0 Å². The number of hydrogen-bond donors (Lipinski definition) is 3. The third-order valence-electron chi connectivity index (χ3n) is 2.28. The molecule has 0 saturated carbocycles. The highest BCUT2D eigenvalue weighted by atomic mass is 15.2. The zero-order valence-electron chi connectivity index (χ0n) is 11.3. The van der Waals surface area contributed by atoms with E-state index in [1.165, 1.54) is 12.8 Å². The third kappa shape index (κ3) is 5.66. The van der Waals surface area contributed by atoms with Crippen molar-refractivity contribution in [1.82, 2.24) is 19.5 Å². The molecule has 0 bridgehead atoms. The van der Waals surface area contributed by atoms with Gasteiger partial charge in [0.15, 0.2) is 0 Å². The van der Waals surface area contributed by atoms with Gasteiger partial charge < -0.3 is 17.2 Å². The van der Waals surface area contributed by atoms with Gasteiger partial charge in [-0.15, -0.1) is 0 Å². The van der Waals surface area contributed by atoms with Crippen LogP contribution in [0, 0.1) is 0 Å². The summed E-state index contributed by atoms with van der Waals surface area (Å²) in [6.45, 7) is 3.36. The van der Waals surface area contributed by atoms with Crippen LogP contribution in [-0.2, 0) is 13.6 Å². The molecule has 2 aromatic rings. The van der Waals surface area contributed by atoms with Crippen LogP contribution < -0.4 is 21.8 Å². The molecule has 19 heavy (non-hydrogen) atoms. The lowest BCUT2D eigenvalue weighted by molar-refractivity contribution is -0.671. The predicted octanol–water partition coefficient (Wildman–Crippen LogP) is -0.269. The average molecular weight is 265 g/mol. The Morgan fingerprint density at radius 3 is 2.00 bits per heavy atom. The first-order valence-corrected chi connectivity index (χ1v) is 6.04. The highest BCUT2D eigenvalue weighted by Crippen LogP contribution is 1.97. The van der Waals surface area contributed by atoms with Crippen LogP contribution in [0.4, 0.5) is 17.8 Å². The van der Waals surface area contributed by atoms with Crippen molar-refractivity contribution in [3.63, 3.8) is 0 Å². The molecule has 0 aliphatic carbocycles. The molecular formula is C11H21N8+. The van der Waals surface area contributed by atoms with Gasteiger partial charge in [-0.05, 0) is 6.42 Å². The topological polar surface area (TPSA) is 126 Å². The molecular weight excluding hydrogens is 244 g/mol. The molecule has 8 heteroatoms. The standard InChI is InChI=1S/C8H15N2.C3H6N6/c1-3-4-5-10-7-6-9(2)8-10;4-1-7-2(5)9-3(6)8-1/h6-8H,3-5H2,1-2H3;(H6,4,5,6,7,8,9)/q+1;. The molecule has 104 valence electrons. The van der Waals surface area contributed by atoms with Gasteiger partial charge in [-0.1, -0.05) is 13.3 Å². The minimum Gasteiger partial charge on any atom is -0.368 e. The second kappa shape index (κ2) is 7.14. The van der Waals surface area contributed by atoms with Crippen LogP contribution in [-0.4, -0.2) is 19.5 Å². The Labute approximate surface area is 112 Å². The van der Waals surface area contributed by atoms with Crippen molar-refractivity contribution >= 4 is 17.8 Å². The van der Waals surface area contributed by atoms with Crippen LogP contribution in [0.2, 0.25) is 0 Å². The maximum atomic E-state index is 5.14. The number of nitrogen functional groups attached to an aromatic ring is 3. The Bertz CT molecular complexity index is 457. The summed E-state index contributed by atoms with van der Waals surface area (Å²) >= 11 is 0. The van der Waals surface area contributed by atoms with E-state index in [-0.39, 0.29) is 17.8 Å². The summed E-state index contributed by atoms with van der Waals surface area (Å²) in [7, 11) is 2.04. The molecule has 0 aliphatic rings. The molecule has 0 aliphatic heterocycles. The number of anilines is 3. The van der Waals surface area contributed by atoms with E-state index in [1.54, 1.807) is 0 Å². The summed E-state index contributed by atoms with van der Waals surface area (Å²) in [5.74, 6) is 0.125. The highest BCUT2D eigenvalue weighted by Gasteiger charge is 1.96. The first-order chi connectivity index (χ1) is 9.01. The van der Waals surface area contributed by atoms with E-state index in [1.807, 2.05) is 7.05 Å². The molecule has 0 saturated heterocycles. The fourth-order valence-corrected chi connectivity index (χ4v) is 1.40. The lowest BCUT2D eigenvalue weighted by Gasteiger charge is -1.93. The van der Waals surface area contributed by atoms with Gasteiger partial charge in [0.25, 0.3) is 0 Å². The zero-order chi connectivity index (χ0) is 14.3. The second-order valence-corrected chi connectivity index (χ2v) is 4.08. The molecule has 0 amide bonds. The summed E-state index contributed by atoms with van der Waals surface area (Å²) in [4.78, 5) is 10.5. The van der Waals surface area contributed by atoms with Gasteiger partial charge in [0.2, 0.25) is 24.2 Å². The highest BCUT2D eigenvalue weighted by molar-refractivity contribution is 5.33. The summed E-state index contributed by atoms with van der Waals surface area (Å²) in [5, 5.41) is 0. The Morgan fingerprint density at radius 2 is 1.63 bits per heavy atom. The van der Waals surface area contributed by atoms with Gasteiger partial charge in [0.1, 0.15) is 12.4 Å². The second-order valence-electron chi connectivity index (χ2n) is 4.08. The number of aromatic nitrogens is 5. The number of nitrogens with two attached hydrogens (primary N) is 3. The largest absolute Gasteiger partial charge is 0.368 e. The predicted molar refractivity (Wildman–Crippen MR) is 73.6 cm³/mol. The maximum absolute atomic E-state index is 5.14. The van der Waals surface area contributed by atoms with Crippen LogP contribution >= 0.6 is 0 Å². The molecule has 0 radical (unpaired) electrons. The fourth-order valence-electron chi connectivity index (χ4n) is 1.40. The molecule has 0 atom stereocenters. The Morgan fingerprint density at radius 1 is 1.11 bits per heavy atom. The van der Waals surface area contributed by atoms with Gasteiger partial charge in [-0.25, -0.2) is 9.13 Å². The SMILES string of the molecule is CCCCn1cc[n+](C)c1.Nc1nc(N)nc(N)n1. The molecule has 2 heterocycles. The molecule has 8 nitrogen and oxygen atoms in total. The molecule has 0 aromatic carbocycles. The fraction of sp³-hybridized carbons (Fsp3) is 0.455. The molecule has 2 rings (SSSR count). The van der Waals surface area contributed by atoms with E-state index in [9.17, 15) is 0 Å². The van der Waals surface area contributed by atoms with Gasteiger partial charge in [-0.3, -0.25) is 0 Å².